The SMILES string of the molecule is CCCCCCCCCCCCCCCCC(O)(CC)C(C)CC(C)(C)C. The highest BCUT2D eigenvalue weighted by atomic mass is 16.3. The molecule has 1 heteroatoms. The molecule has 0 heterocycles. The third-order valence-corrected chi connectivity index (χ3v) is 6.41. The van der Waals surface area contributed by atoms with Crippen molar-refractivity contribution in [2.45, 2.75) is 156 Å². The molecule has 0 spiro atoms. The number of rotatable bonds is 18. The van der Waals surface area contributed by atoms with Gasteiger partial charge in [0.05, 0.1) is 5.60 Å². The summed E-state index contributed by atoms with van der Waals surface area (Å²) in [6.45, 7) is 13.5. The van der Waals surface area contributed by atoms with Crippen LogP contribution in [0.3, 0.4) is 0 Å². The van der Waals surface area contributed by atoms with E-state index >= 15 is 0 Å². The number of aliphatic hydroxyl groups is 1. The fourth-order valence-electron chi connectivity index (χ4n) is 4.51. The summed E-state index contributed by atoms with van der Waals surface area (Å²) >= 11 is 0. The Bertz CT molecular complexity index is 317. The third-order valence-electron chi connectivity index (χ3n) is 6.41. The number of hydrogen-bond acceptors (Lipinski definition) is 1. The Balaban J connectivity index is 3.59. The van der Waals surface area contributed by atoms with E-state index in [1.54, 1.807) is 0 Å². The Morgan fingerprint density at radius 1 is 0.630 bits per heavy atom. The predicted molar refractivity (Wildman–Crippen MR) is 123 cm³/mol. The van der Waals surface area contributed by atoms with E-state index in [1.165, 1.54) is 89.9 Å². The molecule has 0 aliphatic heterocycles. The second-order valence-electron chi connectivity index (χ2n) is 10.5. The van der Waals surface area contributed by atoms with E-state index in [0.717, 1.165) is 19.3 Å². The van der Waals surface area contributed by atoms with Gasteiger partial charge in [-0.2, -0.15) is 0 Å². The van der Waals surface area contributed by atoms with Crippen molar-refractivity contribution in [3.8, 4) is 0 Å². The van der Waals surface area contributed by atoms with E-state index in [1.807, 2.05) is 0 Å². The zero-order valence-corrected chi connectivity index (χ0v) is 20.0. The van der Waals surface area contributed by atoms with E-state index < -0.39 is 5.60 Å². The summed E-state index contributed by atoms with van der Waals surface area (Å²) in [6, 6.07) is 0. The van der Waals surface area contributed by atoms with Gasteiger partial charge in [0.25, 0.3) is 0 Å². The van der Waals surface area contributed by atoms with Crippen LogP contribution in [0.5, 0.6) is 0 Å². The molecule has 0 bridgehead atoms. The molecule has 0 radical (unpaired) electrons. The molecule has 0 aliphatic carbocycles. The van der Waals surface area contributed by atoms with Gasteiger partial charge in [-0.25, -0.2) is 0 Å². The summed E-state index contributed by atoms with van der Waals surface area (Å²) in [6.07, 6.45) is 22.5. The fraction of sp³-hybridized carbons (Fsp3) is 1.00. The predicted octanol–water partition coefficient (Wildman–Crippen LogP) is 9.07. The summed E-state index contributed by atoms with van der Waals surface area (Å²) in [4.78, 5) is 0. The minimum absolute atomic E-state index is 0.304. The van der Waals surface area contributed by atoms with Crippen molar-refractivity contribution >= 4 is 0 Å². The molecule has 164 valence electrons. The molecule has 0 rings (SSSR count). The zero-order valence-electron chi connectivity index (χ0n) is 20.0. The van der Waals surface area contributed by atoms with Crippen LogP contribution in [-0.2, 0) is 0 Å². The Kier molecular flexibility index (Phi) is 15.8. The molecule has 27 heavy (non-hydrogen) atoms. The van der Waals surface area contributed by atoms with Crippen molar-refractivity contribution in [1.29, 1.82) is 0 Å². The smallest absolute Gasteiger partial charge is 0.0670 e. The van der Waals surface area contributed by atoms with Gasteiger partial charge in [0.15, 0.2) is 0 Å². The van der Waals surface area contributed by atoms with E-state index in [0.29, 0.717) is 11.3 Å². The van der Waals surface area contributed by atoms with Crippen molar-refractivity contribution in [2.75, 3.05) is 0 Å². The highest BCUT2D eigenvalue weighted by Crippen LogP contribution is 2.36. The lowest BCUT2D eigenvalue weighted by Crippen LogP contribution is -2.37. The molecule has 1 N–H and O–H groups in total. The normalized spacial score (nSPS) is 15.7. The van der Waals surface area contributed by atoms with Crippen molar-refractivity contribution < 1.29 is 5.11 Å². The summed E-state index contributed by atoms with van der Waals surface area (Å²) in [7, 11) is 0. The topological polar surface area (TPSA) is 20.2 Å². The van der Waals surface area contributed by atoms with Crippen molar-refractivity contribution in [3.05, 3.63) is 0 Å². The maximum atomic E-state index is 11.0. The molecular formula is C26H54O. The molecule has 2 atom stereocenters. The molecule has 2 unspecified atom stereocenters. The maximum absolute atomic E-state index is 11.0. The van der Waals surface area contributed by atoms with Gasteiger partial charge in [0.1, 0.15) is 0 Å². The molecule has 0 fully saturated rings. The zero-order chi connectivity index (χ0) is 20.6. The Morgan fingerprint density at radius 2 is 1.00 bits per heavy atom. The van der Waals surface area contributed by atoms with Gasteiger partial charge in [0, 0.05) is 0 Å². The van der Waals surface area contributed by atoms with Crippen LogP contribution in [0.15, 0.2) is 0 Å². The first-order valence-electron chi connectivity index (χ1n) is 12.5. The summed E-state index contributed by atoms with van der Waals surface area (Å²) < 4.78 is 0. The molecule has 0 aromatic rings. The van der Waals surface area contributed by atoms with E-state index in [2.05, 4.69) is 41.5 Å². The summed E-state index contributed by atoms with van der Waals surface area (Å²) in [5.74, 6) is 0.393. The molecule has 0 aromatic carbocycles. The molecule has 0 saturated carbocycles. The van der Waals surface area contributed by atoms with Crippen LogP contribution < -0.4 is 0 Å². The molecule has 0 aromatic heterocycles. The van der Waals surface area contributed by atoms with Gasteiger partial charge in [-0.3, -0.25) is 0 Å². The quantitative estimate of drug-likeness (QED) is 0.234. The first-order chi connectivity index (χ1) is 12.7. The monoisotopic (exact) mass is 382 g/mol. The standard InChI is InChI=1S/C26H54O/c1-7-9-10-11-12-13-14-15-16-17-18-19-20-21-22-26(27,8-2)24(3)23-25(4,5)6/h24,27H,7-23H2,1-6H3. The van der Waals surface area contributed by atoms with Crippen LogP contribution in [0.1, 0.15) is 151 Å². The third kappa shape index (κ3) is 15.5. The molecular weight excluding hydrogens is 328 g/mol. The van der Waals surface area contributed by atoms with E-state index in [4.69, 9.17) is 0 Å². The summed E-state index contributed by atoms with van der Waals surface area (Å²) in [5, 5.41) is 11.0. The number of hydrogen-bond donors (Lipinski definition) is 1. The first kappa shape index (κ1) is 27.0. The van der Waals surface area contributed by atoms with Gasteiger partial charge >= 0.3 is 0 Å². The van der Waals surface area contributed by atoms with Gasteiger partial charge < -0.3 is 5.11 Å². The molecule has 0 amide bonds. The minimum atomic E-state index is -0.454. The van der Waals surface area contributed by atoms with Gasteiger partial charge in [-0.05, 0) is 30.6 Å². The number of unbranched alkanes of at least 4 members (excludes halogenated alkanes) is 13. The highest BCUT2D eigenvalue weighted by molar-refractivity contribution is 4.85. The van der Waals surface area contributed by atoms with Crippen LogP contribution in [-0.4, -0.2) is 10.7 Å². The van der Waals surface area contributed by atoms with Crippen LogP contribution in [0.2, 0.25) is 0 Å². The van der Waals surface area contributed by atoms with Gasteiger partial charge in [-0.1, -0.05) is 131 Å². The largest absolute Gasteiger partial charge is 0.390 e. The van der Waals surface area contributed by atoms with E-state index in [9.17, 15) is 5.11 Å². The van der Waals surface area contributed by atoms with Crippen LogP contribution in [0.25, 0.3) is 0 Å². The fourth-order valence-corrected chi connectivity index (χ4v) is 4.51. The van der Waals surface area contributed by atoms with Gasteiger partial charge in [-0.15, -0.1) is 0 Å². The van der Waals surface area contributed by atoms with Crippen molar-refractivity contribution in [1.82, 2.24) is 0 Å². The van der Waals surface area contributed by atoms with Crippen LogP contribution in [0, 0.1) is 11.3 Å². The lowest BCUT2D eigenvalue weighted by molar-refractivity contribution is -0.0384. The second-order valence-corrected chi connectivity index (χ2v) is 10.5. The summed E-state index contributed by atoms with van der Waals surface area (Å²) in [5.41, 5.74) is -0.150. The van der Waals surface area contributed by atoms with E-state index in [-0.39, 0.29) is 0 Å². The van der Waals surface area contributed by atoms with Crippen molar-refractivity contribution in [3.63, 3.8) is 0 Å². The Morgan fingerprint density at radius 3 is 1.33 bits per heavy atom. The molecule has 0 saturated heterocycles. The molecule has 1 nitrogen and oxygen atoms in total. The Labute approximate surface area is 173 Å². The minimum Gasteiger partial charge on any atom is -0.390 e. The second kappa shape index (κ2) is 15.8. The van der Waals surface area contributed by atoms with Crippen LogP contribution >= 0.6 is 0 Å². The maximum Gasteiger partial charge on any atom is 0.0670 e. The lowest BCUT2D eigenvalue weighted by Gasteiger charge is -2.37. The van der Waals surface area contributed by atoms with Crippen LogP contribution in [0.4, 0.5) is 0 Å². The average molecular weight is 383 g/mol. The Hall–Kier alpha value is -0.0400. The molecule has 0 aliphatic rings. The average Bonchev–Trinajstić information content (AvgIpc) is 2.60. The first-order valence-corrected chi connectivity index (χ1v) is 12.5. The lowest BCUT2D eigenvalue weighted by atomic mass is 9.74. The highest BCUT2D eigenvalue weighted by Gasteiger charge is 2.33. The van der Waals surface area contributed by atoms with Crippen molar-refractivity contribution in [2.24, 2.45) is 11.3 Å². The van der Waals surface area contributed by atoms with Gasteiger partial charge in [0.2, 0.25) is 0 Å².